The van der Waals surface area contributed by atoms with Crippen LogP contribution in [0.3, 0.4) is 0 Å². The maximum atomic E-state index is 5.59. The second-order valence-electron chi connectivity index (χ2n) is 4.06. The molecule has 1 aliphatic rings. The highest BCUT2D eigenvalue weighted by molar-refractivity contribution is 7.83. The number of benzene rings is 2. The van der Waals surface area contributed by atoms with Crippen LogP contribution in [0.2, 0.25) is 0 Å². The van der Waals surface area contributed by atoms with Gasteiger partial charge in [0.15, 0.2) is 0 Å². The highest BCUT2D eigenvalue weighted by atomic mass is 32.1. The molecule has 1 aliphatic carbocycles. The van der Waals surface area contributed by atoms with Gasteiger partial charge in [0, 0.05) is 32.0 Å². The monoisotopic (exact) mass is 304 g/mol. The van der Waals surface area contributed by atoms with Crippen molar-refractivity contribution < 1.29 is 0 Å². The molecule has 0 fully saturated rings. The predicted molar refractivity (Wildman–Crippen MR) is 89.0 cm³/mol. The lowest BCUT2D eigenvalue weighted by Crippen LogP contribution is -2.20. The van der Waals surface area contributed by atoms with Crippen molar-refractivity contribution in [2.75, 3.05) is 0 Å². The zero-order valence-corrected chi connectivity index (χ0v) is 12.6. The lowest BCUT2D eigenvalue weighted by atomic mass is 9.85. The van der Waals surface area contributed by atoms with E-state index < -0.39 is 0 Å². The van der Waals surface area contributed by atoms with Crippen LogP contribution in [-0.4, -0.2) is 9.73 Å². The van der Waals surface area contributed by atoms with Gasteiger partial charge < -0.3 is 0 Å². The zero-order valence-electron chi connectivity index (χ0n) is 9.18. The Morgan fingerprint density at radius 1 is 0.667 bits per heavy atom. The van der Waals surface area contributed by atoms with Crippen LogP contribution in [0.1, 0.15) is 22.3 Å². The first kappa shape index (κ1) is 12.4. The first-order chi connectivity index (χ1) is 8.61. The molecule has 0 amide bonds. The lowest BCUT2D eigenvalue weighted by molar-refractivity contribution is 1.35. The Bertz CT molecular complexity index is 643. The van der Waals surface area contributed by atoms with Crippen LogP contribution < -0.4 is 0 Å². The van der Waals surface area contributed by atoms with E-state index in [0.717, 1.165) is 41.8 Å². The Kier molecular flexibility index (Phi) is 3.06. The van der Waals surface area contributed by atoms with E-state index >= 15 is 0 Å². The molecule has 0 aromatic heterocycles. The van der Waals surface area contributed by atoms with Crippen molar-refractivity contribution in [2.45, 2.75) is 9.79 Å². The number of thiocarbonyl (C=S) groups is 2. The molecule has 0 aliphatic heterocycles. The molecule has 18 heavy (non-hydrogen) atoms. The SMILES string of the molecule is S=C1c2cccc(S)c2C(=S)c2c(S)cccc21. The van der Waals surface area contributed by atoms with E-state index in [1.807, 2.05) is 36.4 Å². The van der Waals surface area contributed by atoms with Crippen LogP contribution in [0, 0.1) is 0 Å². The molecule has 0 bridgehead atoms. The van der Waals surface area contributed by atoms with Crippen LogP contribution >= 0.6 is 49.7 Å². The summed E-state index contributed by atoms with van der Waals surface area (Å²) in [6, 6.07) is 11.8. The highest BCUT2D eigenvalue weighted by Crippen LogP contribution is 2.34. The molecule has 0 radical (unpaired) electrons. The predicted octanol–water partition coefficient (Wildman–Crippen LogP) is 4.11. The molecule has 4 heteroatoms. The van der Waals surface area contributed by atoms with Gasteiger partial charge in [-0.05, 0) is 12.1 Å². The van der Waals surface area contributed by atoms with Gasteiger partial charge in [0.2, 0.25) is 0 Å². The fourth-order valence-electron chi connectivity index (χ4n) is 2.21. The van der Waals surface area contributed by atoms with E-state index in [0.29, 0.717) is 0 Å². The smallest absolute Gasteiger partial charge is 0.0557 e. The summed E-state index contributed by atoms with van der Waals surface area (Å²) in [6.45, 7) is 0. The second kappa shape index (κ2) is 4.46. The molecule has 2 aromatic carbocycles. The Balaban J connectivity index is 2.40. The van der Waals surface area contributed by atoms with Crippen LogP contribution in [0.4, 0.5) is 0 Å². The van der Waals surface area contributed by atoms with E-state index in [2.05, 4.69) is 25.3 Å². The lowest BCUT2D eigenvalue weighted by Gasteiger charge is -2.23. The molecule has 88 valence electrons. The van der Waals surface area contributed by atoms with Crippen molar-refractivity contribution in [3.8, 4) is 0 Å². The average Bonchev–Trinajstić information content (AvgIpc) is 2.35. The van der Waals surface area contributed by atoms with Gasteiger partial charge in [0.1, 0.15) is 0 Å². The van der Waals surface area contributed by atoms with Crippen molar-refractivity contribution in [3.63, 3.8) is 0 Å². The van der Waals surface area contributed by atoms with Crippen molar-refractivity contribution in [3.05, 3.63) is 58.7 Å². The molecule has 0 heterocycles. The Hall–Kier alpha value is -0.680. The number of hydrogen-bond donors (Lipinski definition) is 2. The number of fused-ring (bicyclic) bond motifs is 2. The summed E-state index contributed by atoms with van der Waals surface area (Å²) in [5.74, 6) is 0. The molecule has 2 aromatic rings. The van der Waals surface area contributed by atoms with Crippen molar-refractivity contribution >= 4 is 59.4 Å². The molecular formula is C14H8S4. The summed E-state index contributed by atoms with van der Waals surface area (Å²) in [6.07, 6.45) is 0. The molecule has 0 nitrogen and oxygen atoms in total. The third-order valence-electron chi connectivity index (χ3n) is 3.03. The van der Waals surface area contributed by atoms with Gasteiger partial charge >= 0.3 is 0 Å². The molecule has 0 atom stereocenters. The van der Waals surface area contributed by atoms with E-state index in [-0.39, 0.29) is 0 Å². The summed E-state index contributed by atoms with van der Waals surface area (Å²) >= 11 is 20.1. The highest BCUT2D eigenvalue weighted by Gasteiger charge is 2.27. The third kappa shape index (κ3) is 1.67. The summed E-state index contributed by atoms with van der Waals surface area (Å²) in [4.78, 5) is 3.33. The summed E-state index contributed by atoms with van der Waals surface area (Å²) < 4.78 is 0. The van der Waals surface area contributed by atoms with Crippen LogP contribution in [-0.2, 0) is 0 Å². The van der Waals surface area contributed by atoms with Gasteiger partial charge in [-0.1, -0.05) is 48.7 Å². The Morgan fingerprint density at radius 2 is 1.11 bits per heavy atom. The van der Waals surface area contributed by atoms with Gasteiger partial charge in [-0.25, -0.2) is 0 Å². The first-order valence-corrected chi connectivity index (χ1v) is 7.05. The molecular weight excluding hydrogens is 296 g/mol. The van der Waals surface area contributed by atoms with Crippen molar-refractivity contribution in [1.29, 1.82) is 0 Å². The molecule has 0 spiro atoms. The van der Waals surface area contributed by atoms with Crippen LogP contribution in [0.25, 0.3) is 0 Å². The van der Waals surface area contributed by atoms with E-state index in [1.54, 1.807) is 0 Å². The number of rotatable bonds is 0. The Morgan fingerprint density at radius 3 is 1.56 bits per heavy atom. The fourth-order valence-corrected chi connectivity index (χ4v) is 3.77. The zero-order chi connectivity index (χ0) is 12.9. The van der Waals surface area contributed by atoms with Crippen LogP contribution in [0.15, 0.2) is 46.2 Å². The minimum absolute atomic E-state index is 0.782. The molecule has 0 saturated carbocycles. The van der Waals surface area contributed by atoms with Crippen LogP contribution in [0.5, 0.6) is 0 Å². The standard InChI is InChI=1S/C14H8S4/c15-9-5-1-3-7-11(9)14(18)12-8(13(7)17)4-2-6-10(12)16/h1-6,15-16H. The van der Waals surface area contributed by atoms with Crippen molar-refractivity contribution in [1.82, 2.24) is 0 Å². The third-order valence-corrected chi connectivity index (χ3v) is 4.62. The topological polar surface area (TPSA) is 0 Å². The summed E-state index contributed by atoms with van der Waals surface area (Å²) in [5, 5.41) is 0. The summed E-state index contributed by atoms with van der Waals surface area (Å²) in [5.41, 5.74) is 3.90. The average molecular weight is 304 g/mol. The molecule has 0 saturated heterocycles. The van der Waals surface area contributed by atoms with Gasteiger partial charge in [0.05, 0.1) is 9.73 Å². The Labute approximate surface area is 127 Å². The second-order valence-corrected chi connectivity index (χ2v) is 5.84. The first-order valence-electron chi connectivity index (χ1n) is 5.34. The number of thiol groups is 2. The van der Waals surface area contributed by atoms with E-state index in [4.69, 9.17) is 24.4 Å². The fraction of sp³-hybridized carbons (Fsp3) is 0. The molecule has 0 unspecified atom stereocenters. The van der Waals surface area contributed by atoms with Gasteiger partial charge in [0.25, 0.3) is 0 Å². The van der Waals surface area contributed by atoms with E-state index in [9.17, 15) is 0 Å². The maximum Gasteiger partial charge on any atom is 0.0557 e. The quantitative estimate of drug-likeness (QED) is 0.474. The largest absolute Gasteiger partial charge is 0.143 e. The van der Waals surface area contributed by atoms with Gasteiger partial charge in [-0.15, -0.1) is 25.3 Å². The van der Waals surface area contributed by atoms with Gasteiger partial charge in [-0.3, -0.25) is 0 Å². The van der Waals surface area contributed by atoms with Gasteiger partial charge in [-0.2, -0.15) is 0 Å². The molecule has 3 rings (SSSR count). The number of hydrogen-bond acceptors (Lipinski definition) is 4. The minimum Gasteiger partial charge on any atom is -0.143 e. The molecule has 0 N–H and O–H groups in total. The maximum absolute atomic E-state index is 5.59. The van der Waals surface area contributed by atoms with Crippen molar-refractivity contribution in [2.24, 2.45) is 0 Å². The summed E-state index contributed by atoms with van der Waals surface area (Å²) in [7, 11) is 0. The normalized spacial score (nSPS) is 13.2. The minimum atomic E-state index is 0.782. The van der Waals surface area contributed by atoms with E-state index in [1.165, 1.54) is 0 Å².